The lowest BCUT2D eigenvalue weighted by molar-refractivity contribution is -0.386. The summed E-state index contributed by atoms with van der Waals surface area (Å²) in [4.78, 5) is 31.7. The first kappa shape index (κ1) is 12.4. The summed E-state index contributed by atoms with van der Waals surface area (Å²) < 4.78 is 4.13. The van der Waals surface area contributed by atoms with Crippen molar-refractivity contribution in [2.45, 2.75) is 0 Å². The van der Waals surface area contributed by atoms with Gasteiger partial charge in [0.1, 0.15) is 0 Å². The van der Waals surface area contributed by atoms with Crippen LogP contribution in [0, 0.1) is 10.1 Å². The Morgan fingerprint density at radius 2 is 1.94 bits per heavy atom. The number of benzene rings is 1. The Kier molecular flexibility index (Phi) is 3.27. The van der Waals surface area contributed by atoms with Gasteiger partial charge in [-0.2, -0.15) is 0 Å². The maximum absolute atomic E-state index is 11.3. The number of nitro groups is 1. The molecule has 0 aliphatic heterocycles. The third kappa shape index (κ3) is 2.30. The van der Waals surface area contributed by atoms with Crippen LogP contribution in [0.4, 0.5) is 5.69 Å². The standard InChI is InChI=1S/C9H7NO7/c1-17-9(14)7(12)4-2-5(10(15)16)8(13)6(11)3-4/h2-3,11,13H,1H3. The van der Waals surface area contributed by atoms with Gasteiger partial charge >= 0.3 is 11.7 Å². The fourth-order valence-corrected chi connectivity index (χ4v) is 1.09. The molecular formula is C9H7NO7. The van der Waals surface area contributed by atoms with Crippen LogP contribution in [0.15, 0.2) is 12.1 Å². The van der Waals surface area contributed by atoms with Crippen molar-refractivity contribution in [3.63, 3.8) is 0 Å². The number of carbonyl (C=O) groups is 2. The van der Waals surface area contributed by atoms with E-state index in [1.165, 1.54) is 0 Å². The minimum atomic E-state index is -1.23. The van der Waals surface area contributed by atoms with Crippen LogP contribution in [0.5, 0.6) is 11.5 Å². The van der Waals surface area contributed by atoms with Gasteiger partial charge in [-0.1, -0.05) is 0 Å². The number of hydrogen-bond acceptors (Lipinski definition) is 7. The van der Waals surface area contributed by atoms with Crippen molar-refractivity contribution in [3.8, 4) is 11.5 Å². The molecule has 17 heavy (non-hydrogen) atoms. The highest BCUT2D eigenvalue weighted by molar-refractivity contribution is 6.40. The lowest BCUT2D eigenvalue weighted by Crippen LogP contribution is -2.15. The van der Waals surface area contributed by atoms with Gasteiger partial charge in [0.05, 0.1) is 12.0 Å². The molecule has 0 aliphatic rings. The minimum absolute atomic E-state index is 0.446. The van der Waals surface area contributed by atoms with E-state index in [0.717, 1.165) is 13.2 Å². The second kappa shape index (κ2) is 4.47. The van der Waals surface area contributed by atoms with Crippen molar-refractivity contribution in [3.05, 3.63) is 27.8 Å². The molecule has 0 saturated carbocycles. The summed E-state index contributed by atoms with van der Waals surface area (Å²) in [5.41, 5.74) is -1.32. The van der Waals surface area contributed by atoms with Crippen LogP contribution >= 0.6 is 0 Å². The molecule has 8 nitrogen and oxygen atoms in total. The van der Waals surface area contributed by atoms with Gasteiger partial charge in [0, 0.05) is 11.6 Å². The molecule has 0 spiro atoms. The molecule has 0 fully saturated rings. The molecule has 0 saturated heterocycles. The number of carbonyl (C=O) groups excluding carboxylic acids is 2. The monoisotopic (exact) mass is 241 g/mol. The number of Topliss-reactive ketones (excluding diaryl/α,β-unsaturated/α-hetero) is 1. The first-order chi connectivity index (χ1) is 7.88. The molecule has 1 aromatic rings. The molecule has 90 valence electrons. The van der Waals surface area contributed by atoms with Crippen LogP contribution in [-0.2, 0) is 9.53 Å². The molecule has 1 aromatic carbocycles. The molecule has 0 aliphatic carbocycles. The van der Waals surface area contributed by atoms with Gasteiger partial charge in [-0.15, -0.1) is 0 Å². The first-order valence-corrected chi connectivity index (χ1v) is 4.21. The molecule has 0 bridgehead atoms. The van der Waals surface area contributed by atoms with Crippen LogP contribution in [0.2, 0.25) is 0 Å². The topological polar surface area (TPSA) is 127 Å². The van der Waals surface area contributed by atoms with Crippen LogP contribution in [0.25, 0.3) is 0 Å². The number of aromatic hydroxyl groups is 2. The number of nitrogens with zero attached hydrogens (tertiary/aromatic N) is 1. The number of ketones is 1. The third-order valence-corrected chi connectivity index (χ3v) is 1.90. The van der Waals surface area contributed by atoms with Crippen molar-refractivity contribution in [1.29, 1.82) is 0 Å². The summed E-state index contributed by atoms with van der Waals surface area (Å²) >= 11 is 0. The molecule has 0 heterocycles. The number of nitro benzene ring substituents is 1. The number of methoxy groups -OCH3 is 1. The molecular weight excluding hydrogens is 234 g/mol. The van der Waals surface area contributed by atoms with E-state index in [2.05, 4.69) is 4.74 Å². The smallest absolute Gasteiger partial charge is 0.379 e. The zero-order valence-corrected chi connectivity index (χ0v) is 8.54. The molecule has 2 N–H and O–H groups in total. The molecule has 0 unspecified atom stereocenters. The van der Waals surface area contributed by atoms with Gasteiger partial charge in [0.15, 0.2) is 5.75 Å². The molecule has 1 rings (SSSR count). The Bertz CT molecular complexity index is 508. The van der Waals surface area contributed by atoms with Gasteiger partial charge < -0.3 is 14.9 Å². The summed E-state index contributed by atoms with van der Waals surface area (Å²) in [6.45, 7) is 0. The molecule has 0 atom stereocenters. The highest BCUT2D eigenvalue weighted by Gasteiger charge is 2.25. The second-order valence-electron chi connectivity index (χ2n) is 2.94. The van der Waals surface area contributed by atoms with E-state index >= 15 is 0 Å². The Hall–Kier alpha value is -2.64. The molecule has 8 heteroatoms. The number of rotatable bonds is 3. The fourth-order valence-electron chi connectivity index (χ4n) is 1.09. The normalized spacial score (nSPS) is 9.71. The van der Waals surface area contributed by atoms with Crippen LogP contribution in [-0.4, -0.2) is 34.0 Å². The van der Waals surface area contributed by atoms with Crippen molar-refractivity contribution >= 4 is 17.4 Å². The van der Waals surface area contributed by atoms with Crippen LogP contribution in [0.3, 0.4) is 0 Å². The highest BCUT2D eigenvalue weighted by Crippen LogP contribution is 2.36. The predicted octanol–water partition coefficient (Wildman–Crippen LogP) is 0.362. The summed E-state index contributed by atoms with van der Waals surface area (Å²) in [6.07, 6.45) is 0. The van der Waals surface area contributed by atoms with E-state index in [4.69, 9.17) is 5.11 Å². The van der Waals surface area contributed by atoms with Crippen molar-refractivity contribution < 1.29 is 29.5 Å². The average Bonchev–Trinajstić information content (AvgIpc) is 2.30. The average molecular weight is 241 g/mol. The number of esters is 1. The summed E-state index contributed by atoms with van der Waals surface area (Å²) in [5, 5.41) is 28.8. The minimum Gasteiger partial charge on any atom is -0.504 e. The second-order valence-corrected chi connectivity index (χ2v) is 2.94. The summed E-state index contributed by atoms with van der Waals surface area (Å²) in [7, 11) is 0.967. The van der Waals surface area contributed by atoms with Gasteiger partial charge in [0.2, 0.25) is 5.75 Å². The van der Waals surface area contributed by atoms with Gasteiger partial charge in [-0.25, -0.2) is 4.79 Å². The van der Waals surface area contributed by atoms with E-state index in [-0.39, 0.29) is 0 Å². The maximum atomic E-state index is 11.3. The van der Waals surface area contributed by atoms with Crippen LogP contribution in [0.1, 0.15) is 10.4 Å². The molecule has 0 aromatic heterocycles. The number of phenols is 2. The summed E-state index contributed by atoms with van der Waals surface area (Å²) in [5.74, 6) is -4.24. The summed E-state index contributed by atoms with van der Waals surface area (Å²) in [6, 6.07) is 1.41. The lowest BCUT2D eigenvalue weighted by Gasteiger charge is -2.02. The zero-order valence-electron chi connectivity index (χ0n) is 8.54. The SMILES string of the molecule is COC(=O)C(=O)c1cc(O)c(O)c([N+](=O)[O-])c1. The van der Waals surface area contributed by atoms with Gasteiger partial charge in [-0.3, -0.25) is 14.9 Å². The van der Waals surface area contributed by atoms with Gasteiger partial charge in [-0.05, 0) is 6.07 Å². The number of phenolic OH excluding ortho intramolecular Hbond substituents is 2. The van der Waals surface area contributed by atoms with Crippen molar-refractivity contribution in [2.75, 3.05) is 7.11 Å². The van der Waals surface area contributed by atoms with E-state index < -0.39 is 39.4 Å². The zero-order chi connectivity index (χ0) is 13.2. The number of ether oxygens (including phenoxy) is 1. The lowest BCUT2D eigenvalue weighted by atomic mass is 10.1. The Morgan fingerprint density at radius 1 is 1.35 bits per heavy atom. The van der Waals surface area contributed by atoms with Crippen molar-refractivity contribution in [1.82, 2.24) is 0 Å². The molecule has 0 amide bonds. The Morgan fingerprint density at radius 3 is 2.41 bits per heavy atom. The first-order valence-electron chi connectivity index (χ1n) is 4.21. The van der Waals surface area contributed by atoms with Crippen molar-refractivity contribution in [2.24, 2.45) is 0 Å². The Labute approximate surface area is 94.2 Å². The molecule has 0 radical (unpaired) electrons. The Balaban J connectivity index is 3.33. The fraction of sp³-hybridized carbons (Fsp3) is 0.111. The van der Waals surface area contributed by atoms with E-state index in [1.807, 2.05) is 0 Å². The van der Waals surface area contributed by atoms with Gasteiger partial charge in [0.25, 0.3) is 5.78 Å². The third-order valence-electron chi connectivity index (χ3n) is 1.90. The predicted molar refractivity (Wildman–Crippen MR) is 52.8 cm³/mol. The number of hydrogen-bond donors (Lipinski definition) is 2. The van der Waals surface area contributed by atoms with E-state index in [0.29, 0.717) is 6.07 Å². The quantitative estimate of drug-likeness (QED) is 0.195. The highest BCUT2D eigenvalue weighted by atomic mass is 16.6. The van der Waals surface area contributed by atoms with Crippen LogP contribution < -0.4 is 0 Å². The van der Waals surface area contributed by atoms with E-state index in [9.17, 15) is 24.8 Å². The largest absolute Gasteiger partial charge is 0.504 e. The van der Waals surface area contributed by atoms with E-state index in [1.54, 1.807) is 0 Å². The maximum Gasteiger partial charge on any atom is 0.379 e.